The molecule has 0 aromatic carbocycles. The molecule has 1 fully saturated rings. The zero-order chi connectivity index (χ0) is 14.2. The van der Waals surface area contributed by atoms with E-state index < -0.39 is 0 Å². The van der Waals surface area contributed by atoms with Crippen molar-refractivity contribution in [3.05, 3.63) is 29.6 Å². The number of likely N-dealkylation sites (N-methyl/N-ethyl adjacent to an activating group) is 1. The molecule has 2 heterocycles. The van der Waals surface area contributed by atoms with E-state index in [4.69, 9.17) is 4.74 Å². The van der Waals surface area contributed by atoms with Gasteiger partial charge in [-0.1, -0.05) is 13.0 Å². The highest BCUT2D eigenvalue weighted by Crippen LogP contribution is 2.18. The van der Waals surface area contributed by atoms with Crippen LogP contribution in [0.25, 0.3) is 0 Å². The average molecular weight is 276 g/mol. The lowest BCUT2D eigenvalue weighted by Gasteiger charge is -2.25. The predicted octanol–water partition coefficient (Wildman–Crippen LogP) is 3.26. The molecule has 1 saturated heterocycles. The Morgan fingerprint density at radius 2 is 2.30 bits per heavy atom. The Labute approximate surface area is 123 Å². The first-order valence-electron chi connectivity index (χ1n) is 8.04. The van der Waals surface area contributed by atoms with Crippen molar-refractivity contribution in [2.45, 2.75) is 64.5 Å². The van der Waals surface area contributed by atoms with Crippen molar-refractivity contribution in [1.29, 1.82) is 0 Å². The lowest BCUT2D eigenvalue weighted by molar-refractivity contribution is 0.00859. The van der Waals surface area contributed by atoms with E-state index >= 15 is 0 Å². The Hall–Kier alpha value is -0.930. The summed E-state index contributed by atoms with van der Waals surface area (Å²) >= 11 is 0. The molecule has 2 rings (SSSR count). The number of aryl methyl sites for hydroxylation is 1. The number of pyridine rings is 1. The molecule has 1 aliphatic rings. The van der Waals surface area contributed by atoms with Gasteiger partial charge in [-0.15, -0.1) is 0 Å². The Morgan fingerprint density at radius 1 is 1.40 bits per heavy atom. The molecular formula is C17H28N2O. The quantitative estimate of drug-likeness (QED) is 0.830. The van der Waals surface area contributed by atoms with Crippen LogP contribution < -0.4 is 5.32 Å². The molecule has 1 N–H and O–H groups in total. The van der Waals surface area contributed by atoms with E-state index in [1.807, 2.05) is 6.20 Å². The van der Waals surface area contributed by atoms with Crippen LogP contribution in [-0.4, -0.2) is 30.3 Å². The summed E-state index contributed by atoms with van der Waals surface area (Å²) < 4.78 is 5.83. The summed E-state index contributed by atoms with van der Waals surface area (Å²) in [4.78, 5) is 4.52. The molecule has 2 atom stereocenters. The zero-order valence-corrected chi connectivity index (χ0v) is 12.9. The molecule has 0 spiro atoms. The predicted molar refractivity (Wildman–Crippen MR) is 83.0 cm³/mol. The van der Waals surface area contributed by atoms with Crippen LogP contribution in [0.15, 0.2) is 18.3 Å². The monoisotopic (exact) mass is 276 g/mol. The number of hydrogen-bond donors (Lipinski definition) is 1. The molecule has 0 bridgehead atoms. The van der Waals surface area contributed by atoms with E-state index in [-0.39, 0.29) is 0 Å². The molecule has 20 heavy (non-hydrogen) atoms. The molecule has 0 aliphatic carbocycles. The topological polar surface area (TPSA) is 34.1 Å². The number of aromatic nitrogens is 1. The minimum Gasteiger partial charge on any atom is -0.378 e. The summed E-state index contributed by atoms with van der Waals surface area (Å²) in [6.07, 6.45) is 9.61. The Morgan fingerprint density at radius 3 is 2.95 bits per heavy atom. The smallest absolute Gasteiger partial charge is 0.0575 e. The maximum absolute atomic E-state index is 5.83. The summed E-state index contributed by atoms with van der Waals surface area (Å²) in [5, 5.41) is 3.59. The van der Waals surface area contributed by atoms with E-state index in [1.165, 1.54) is 43.4 Å². The largest absolute Gasteiger partial charge is 0.378 e. The van der Waals surface area contributed by atoms with Gasteiger partial charge in [-0.2, -0.15) is 0 Å². The number of ether oxygens (including phenoxy) is 1. The zero-order valence-electron chi connectivity index (χ0n) is 12.9. The van der Waals surface area contributed by atoms with Gasteiger partial charge in [-0.25, -0.2) is 0 Å². The first kappa shape index (κ1) is 15.5. The fourth-order valence-electron chi connectivity index (χ4n) is 2.86. The van der Waals surface area contributed by atoms with Crippen LogP contribution in [0.4, 0.5) is 0 Å². The van der Waals surface area contributed by atoms with E-state index in [2.05, 4.69) is 36.3 Å². The highest BCUT2D eigenvalue weighted by atomic mass is 16.5. The number of nitrogens with zero attached hydrogens (tertiary/aromatic N) is 1. The summed E-state index contributed by atoms with van der Waals surface area (Å²) in [6, 6.07) is 4.81. The first-order valence-corrected chi connectivity index (χ1v) is 8.04. The molecule has 3 nitrogen and oxygen atoms in total. The molecular weight excluding hydrogens is 248 g/mol. The standard InChI is InChI=1S/C17H28N2O/c1-3-18-15(9-10-17-6-4-5-11-20-17)12-16-8-7-14(2)13-19-16/h7-8,13,15,17-18H,3-6,9-12H2,1-2H3. The molecule has 0 saturated carbocycles. The third-order valence-electron chi connectivity index (χ3n) is 4.03. The third-order valence-corrected chi connectivity index (χ3v) is 4.03. The van der Waals surface area contributed by atoms with Crippen molar-refractivity contribution in [2.24, 2.45) is 0 Å². The van der Waals surface area contributed by atoms with Gasteiger partial charge >= 0.3 is 0 Å². The minimum atomic E-state index is 0.482. The SMILES string of the molecule is CCNC(CCC1CCCCO1)Cc1ccc(C)cn1. The van der Waals surface area contributed by atoms with Gasteiger partial charge in [0.2, 0.25) is 0 Å². The Bertz CT molecular complexity index is 371. The van der Waals surface area contributed by atoms with Crippen molar-refractivity contribution < 1.29 is 4.74 Å². The molecule has 1 aliphatic heterocycles. The van der Waals surface area contributed by atoms with Gasteiger partial charge in [-0.3, -0.25) is 4.98 Å². The minimum absolute atomic E-state index is 0.482. The van der Waals surface area contributed by atoms with Gasteiger partial charge in [0.25, 0.3) is 0 Å². The van der Waals surface area contributed by atoms with Crippen LogP contribution in [0.2, 0.25) is 0 Å². The lowest BCUT2D eigenvalue weighted by atomic mass is 9.99. The Balaban J connectivity index is 1.81. The van der Waals surface area contributed by atoms with Crippen LogP contribution in [0.5, 0.6) is 0 Å². The fraction of sp³-hybridized carbons (Fsp3) is 0.706. The summed E-state index contributed by atoms with van der Waals surface area (Å²) in [5.41, 5.74) is 2.41. The third kappa shape index (κ3) is 5.22. The second-order valence-electron chi connectivity index (χ2n) is 5.85. The van der Waals surface area contributed by atoms with E-state index in [0.717, 1.165) is 19.6 Å². The van der Waals surface area contributed by atoms with E-state index in [0.29, 0.717) is 12.1 Å². The first-order chi connectivity index (χ1) is 9.78. The van der Waals surface area contributed by atoms with Crippen molar-refractivity contribution in [3.63, 3.8) is 0 Å². The number of rotatable bonds is 7. The molecule has 2 unspecified atom stereocenters. The number of nitrogens with one attached hydrogen (secondary N) is 1. The van der Waals surface area contributed by atoms with E-state index in [1.54, 1.807) is 0 Å². The van der Waals surface area contributed by atoms with Crippen molar-refractivity contribution in [1.82, 2.24) is 10.3 Å². The highest BCUT2D eigenvalue weighted by Gasteiger charge is 2.17. The van der Waals surface area contributed by atoms with Gasteiger partial charge in [0.15, 0.2) is 0 Å². The van der Waals surface area contributed by atoms with Crippen LogP contribution in [0, 0.1) is 6.92 Å². The van der Waals surface area contributed by atoms with Gasteiger partial charge in [0.05, 0.1) is 6.10 Å². The summed E-state index contributed by atoms with van der Waals surface area (Å²) in [5.74, 6) is 0. The van der Waals surface area contributed by atoms with Crippen LogP contribution >= 0.6 is 0 Å². The summed E-state index contributed by atoms with van der Waals surface area (Å²) in [6.45, 7) is 6.23. The molecule has 0 radical (unpaired) electrons. The van der Waals surface area contributed by atoms with E-state index in [9.17, 15) is 0 Å². The lowest BCUT2D eigenvalue weighted by Crippen LogP contribution is -2.33. The maximum atomic E-state index is 5.83. The summed E-state index contributed by atoms with van der Waals surface area (Å²) in [7, 11) is 0. The van der Waals surface area contributed by atoms with Gasteiger partial charge in [0.1, 0.15) is 0 Å². The normalized spacial score (nSPS) is 20.8. The Kier molecular flexibility index (Phi) is 6.48. The van der Waals surface area contributed by atoms with Gasteiger partial charge < -0.3 is 10.1 Å². The van der Waals surface area contributed by atoms with Gasteiger partial charge in [-0.05, 0) is 57.2 Å². The van der Waals surface area contributed by atoms with Crippen LogP contribution in [0.3, 0.4) is 0 Å². The molecule has 1 aromatic rings. The van der Waals surface area contributed by atoms with Crippen molar-refractivity contribution in [3.8, 4) is 0 Å². The molecule has 1 aromatic heterocycles. The number of hydrogen-bond acceptors (Lipinski definition) is 3. The highest BCUT2D eigenvalue weighted by molar-refractivity contribution is 5.13. The van der Waals surface area contributed by atoms with Crippen molar-refractivity contribution in [2.75, 3.05) is 13.2 Å². The van der Waals surface area contributed by atoms with Gasteiger partial charge in [0, 0.05) is 31.0 Å². The molecule has 0 amide bonds. The van der Waals surface area contributed by atoms with Crippen LogP contribution in [-0.2, 0) is 11.2 Å². The average Bonchev–Trinajstić information content (AvgIpc) is 2.48. The molecule has 112 valence electrons. The fourth-order valence-corrected chi connectivity index (χ4v) is 2.86. The maximum Gasteiger partial charge on any atom is 0.0575 e. The second kappa shape index (κ2) is 8.38. The van der Waals surface area contributed by atoms with Crippen molar-refractivity contribution >= 4 is 0 Å². The van der Waals surface area contributed by atoms with Crippen LogP contribution in [0.1, 0.15) is 50.3 Å². The second-order valence-corrected chi connectivity index (χ2v) is 5.85. The molecule has 3 heteroatoms.